The van der Waals surface area contributed by atoms with E-state index in [1.54, 1.807) is 24.3 Å². The Balaban J connectivity index is 1.90. The van der Waals surface area contributed by atoms with Crippen LogP contribution in [-0.2, 0) is 4.79 Å². The second-order valence-electron chi connectivity index (χ2n) is 5.30. The number of carboxylic acid groups (broad SMARTS) is 1. The van der Waals surface area contributed by atoms with Gasteiger partial charge in [-0.2, -0.15) is 0 Å². The van der Waals surface area contributed by atoms with Gasteiger partial charge in [0, 0.05) is 25.1 Å². The monoisotopic (exact) mass is 291 g/mol. The van der Waals surface area contributed by atoms with Crippen LogP contribution in [0.1, 0.15) is 36.5 Å². The van der Waals surface area contributed by atoms with Crippen molar-refractivity contribution < 1.29 is 19.4 Å². The van der Waals surface area contributed by atoms with Crippen molar-refractivity contribution in [1.29, 1.82) is 0 Å². The van der Waals surface area contributed by atoms with Gasteiger partial charge < -0.3 is 14.7 Å². The summed E-state index contributed by atoms with van der Waals surface area (Å²) in [5, 5.41) is 8.70. The molecule has 1 amide bonds. The molecule has 1 fully saturated rings. The predicted octanol–water partition coefficient (Wildman–Crippen LogP) is 2.41. The number of carbonyl (C=O) groups excluding carboxylic acids is 1. The first-order valence-electron chi connectivity index (χ1n) is 7.34. The van der Waals surface area contributed by atoms with Crippen LogP contribution in [0.15, 0.2) is 24.3 Å². The molecular weight excluding hydrogens is 270 g/mol. The molecule has 5 nitrogen and oxygen atoms in total. The van der Waals surface area contributed by atoms with Gasteiger partial charge in [-0.05, 0) is 49.9 Å². The molecule has 0 saturated carbocycles. The van der Waals surface area contributed by atoms with Crippen LogP contribution in [0, 0.1) is 5.92 Å². The van der Waals surface area contributed by atoms with E-state index in [0.29, 0.717) is 37.6 Å². The van der Waals surface area contributed by atoms with E-state index in [0.717, 1.165) is 12.2 Å². The summed E-state index contributed by atoms with van der Waals surface area (Å²) in [4.78, 5) is 24.8. The highest BCUT2D eigenvalue weighted by Gasteiger charge is 2.27. The second kappa shape index (κ2) is 7.11. The largest absolute Gasteiger partial charge is 0.494 e. The number of rotatable bonds is 6. The summed E-state index contributed by atoms with van der Waals surface area (Å²) < 4.78 is 5.36. The molecule has 1 aromatic carbocycles. The molecule has 5 heteroatoms. The number of ether oxygens (including phenoxy) is 1. The van der Waals surface area contributed by atoms with Crippen LogP contribution >= 0.6 is 0 Å². The third kappa shape index (κ3) is 4.21. The minimum absolute atomic E-state index is 0.0101. The van der Waals surface area contributed by atoms with Gasteiger partial charge in [0.15, 0.2) is 0 Å². The van der Waals surface area contributed by atoms with Crippen molar-refractivity contribution in [2.24, 2.45) is 5.92 Å². The Morgan fingerprint density at radius 1 is 1.33 bits per heavy atom. The van der Waals surface area contributed by atoms with Crippen LogP contribution in [0.3, 0.4) is 0 Å². The average Bonchev–Trinajstić information content (AvgIpc) is 2.94. The average molecular weight is 291 g/mol. The van der Waals surface area contributed by atoms with E-state index in [1.165, 1.54) is 0 Å². The fraction of sp³-hybridized carbons (Fsp3) is 0.500. The normalized spacial score (nSPS) is 17.8. The number of benzene rings is 1. The van der Waals surface area contributed by atoms with E-state index in [4.69, 9.17) is 9.84 Å². The van der Waals surface area contributed by atoms with Gasteiger partial charge in [-0.15, -0.1) is 0 Å². The topological polar surface area (TPSA) is 66.8 Å². The fourth-order valence-electron chi connectivity index (χ4n) is 2.62. The van der Waals surface area contributed by atoms with E-state index < -0.39 is 5.97 Å². The lowest BCUT2D eigenvalue weighted by atomic mass is 10.0. The van der Waals surface area contributed by atoms with E-state index in [2.05, 4.69) is 0 Å². The molecule has 1 atom stereocenters. The van der Waals surface area contributed by atoms with Gasteiger partial charge in [0.2, 0.25) is 0 Å². The molecule has 1 saturated heterocycles. The second-order valence-corrected chi connectivity index (χ2v) is 5.30. The number of hydrogen-bond acceptors (Lipinski definition) is 3. The molecule has 1 heterocycles. The van der Waals surface area contributed by atoms with Crippen molar-refractivity contribution in [3.8, 4) is 5.75 Å². The highest BCUT2D eigenvalue weighted by atomic mass is 16.5. The van der Waals surface area contributed by atoms with Crippen molar-refractivity contribution >= 4 is 11.9 Å². The Morgan fingerprint density at radius 3 is 2.67 bits per heavy atom. The highest BCUT2D eigenvalue weighted by Crippen LogP contribution is 2.23. The van der Waals surface area contributed by atoms with Gasteiger partial charge >= 0.3 is 5.97 Å². The Labute approximate surface area is 124 Å². The zero-order valence-electron chi connectivity index (χ0n) is 12.2. The SMILES string of the molecule is CCOc1ccc(C(=O)N2CCC(CCC(=O)O)C2)cc1. The first-order valence-corrected chi connectivity index (χ1v) is 7.34. The lowest BCUT2D eigenvalue weighted by molar-refractivity contribution is -0.137. The summed E-state index contributed by atoms with van der Waals surface area (Å²) in [5.74, 6) is 0.296. The number of amides is 1. The van der Waals surface area contributed by atoms with Crippen molar-refractivity contribution in [3.05, 3.63) is 29.8 Å². The summed E-state index contributed by atoms with van der Waals surface area (Å²) in [6, 6.07) is 7.15. The van der Waals surface area contributed by atoms with Crippen LogP contribution in [-0.4, -0.2) is 41.6 Å². The minimum atomic E-state index is -0.772. The summed E-state index contributed by atoms with van der Waals surface area (Å²) in [6.45, 7) is 3.88. The zero-order chi connectivity index (χ0) is 15.2. The van der Waals surface area contributed by atoms with E-state index in [1.807, 2.05) is 11.8 Å². The van der Waals surface area contributed by atoms with E-state index in [-0.39, 0.29) is 12.3 Å². The first kappa shape index (κ1) is 15.4. The molecule has 0 radical (unpaired) electrons. The summed E-state index contributed by atoms with van der Waals surface area (Å²) in [5.41, 5.74) is 0.650. The highest BCUT2D eigenvalue weighted by molar-refractivity contribution is 5.94. The van der Waals surface area contributed by atoms with E-state index >= 15 is 0 Å². The molecule has 21 heavy (non-hydrogen) atoms. The third-order valence-electron chi connectivity index (χ3n) is 3.75. The maximum absolute atomic E-state index is 12.4. The molecule has 0 bridgehead atoms. The third-order valence-corrected chi connectivity index (χ3v) is 3.75. The van der Waals surface area contributed by atoms with Crippen LogP contribution < -0.4 is 4.74 Å². The van der Waals surface area contributed by atoms with Gasteiger partial charge in [-0.3, -0.25) is 9.59 Å². The number of aliphatic carboxylic acids is 1. The molecule has 0 spiro atoms. The van der Waals surface area contributed by atoms with Crippen molar-refractivity contribution in [1.82, 2.24) is 4.90 Å². The smallest absolute Gasteiger partial charge is 0.303 e. The summed E-state index contributed by atoms with van der Waals surface area (Å²) in [7, 11) is 0. The lowest BCUT2D eigenvalue weighted by Crippen LogP contribution is -2.28. The predicted molar refractivity (Wildman–Crippen MR) is 78.5 cm³/mol. The Kier molecular flexibility index (Phi) is 5.20. The molecule has 2 rings (SSSR count). The zero-order valence-corrected chi connectivity index (χ0v) is 12.2. The van der Waals surface area contributed by atoms with Crippen molar-refractivity contribution in [3.63, 3.8) is 0 Å². The summed E-state index contributed by atoms with van der Waals surface area (Å²) in [6.07, 6.45) is 1.70. The summed E-state index contributed by atoms with van der Waals surface area (Å²) >= 11 is 0. The first-order chi connectivity index (χ1) is 10.1. The van der Waals surface area contributed by atoms with Gasteiger partial charge in [-0.1, -0.05) is 0 Å². The van der Waals surface area contributed by atoms with Gasteiger partial charge in [0.25, 0.3) is 5.91 Å². The number of nitrogens with zero attached hydrogens (tertiary/aromatic N) is 1. The van der Waals surface area contributed by atoms with Crippen LogP contribution in [0.25, 0.3) is 0 Å². The lowest BCUT2D eigenvalue weighted by Gasteiger charge is -2.16. The number of carbonyl (C=O) groups is 2. The molecule has 1 aliphatic heterocycles. The van der Waals surface area contributed by atoms with Gasteiger partial charge in [-0.25, -0.2) is 0 Å². The standard InChI is InChI=1S/C16H21NO4/c1-2-21-14-6-4-13(5-7-14)16(20)17-10-9-12(11-17)3-8-15(18)19/h4-7,12H,2-3,8-11H2,1H3,(H,18,19). The van der Waals surface area contributed by atoms with Gasteiger partial charge in [0.1, 0.15) is 5.75 Å². The number of carboxylic acids is 1. The van der Waals surface area contributed by atoms with Crippen LogP contribution in [0.2, 0.25) is 0 Å². The fourth-order valence-corrected chi connectivity index (χ4v) is 2.62. The van der Waals surface area contributed by atoms with E-state index in [9.17, 15) is 9.59 Å². The molecule has 1 aromatic rings. The van der Waals surface area contributed by atoms with Crippen molar-refractivity contribution in [2.45, 2.75) is 26.2 Å². The number of hydrogen-bond donors (Lipinski definition) is 1. The van der Waals surface area contributed by atoms with Gasteiger partial charge in [0.05, 0.1) is 6.61 Å². The number of likely N-dealkylation sites (tertiary alicyclic amines) is 1. The minimum Gasteiger partial charge on any atom is -0.494 e. The Bertz CT molecular complexity index is 498. The maximum Gasteiger partial charge on any atom is 0.303 e. The molecule has 114 valence electrons. The van der Waals surface area contributed by atoms with Crippen molar-refractivity contribution in [2.75, 3.05) is 19.7 Å². The van der Waals surface area contributed by atoms with Crippen LogP contribution in [0.5, 0.6) is 5.75 Å². The Morgan fingerprint density at radius 2 is 2.05 bits per heavy atom. The molecule has 1 aliphatic rings. The molecule has 1 N–H and O–H groups in total. The quantitative estimate of drug-likeness (QED) is 0.874. The van der Waals surface area contributed by atoms with Crippen LogP contribution in [0.4, 0.5) is 0 Å². The Hall–Kier alpha value is -2.04. The molecule has 1 unspecified atom stereocenters. The molecule has 0 aromatic heterocycles. The molecular formula is C16H21NO4. The molecule has 0 aliphatic carbocycles. The maximum atomic E-state index is 12.4.